The summed E-state index contributed by atoms with van der Waals surface area (Å²) in [6.07, 6.45) is 1.98. The van der Waals surface area contributed by atoms with Gasteiger partial charge >= 0.3 is 5.97 Å². The smallest absolute Gasteiger partial charge is 0.303 e. The maximum absolute atomic E-state index is 15.6. The zero-order chi connectivity index (χ0) is 24.8. The van der Waals surface area contributed by atoms with Crippen molar-refractivity contribution in [2.24, 2.45) is 11.8 Å². The number of halogens is 2. The summed E-state index contributed by atoms with van der Waals surface area (Å²) >= 11 is 7.98. The van der Waals surface area contributed by atoms with Crippen molar-refractivity contribution in [3.63, 3.8) is 0 Å². The molecule has 3 heterocycles. The third-order valence-corrected chi connectivity index (χ3v) is 7.71. The highest BCUT2D eigenvalue weighted by Crippen LogP contribution is 2.39. The van der Waals surface area contributed by atoms with Crippen LogP contribution in [0.2, 0.25) is 5.02 Å². The fraction of sp³-hybridized carbons (Fsp3) is 0.407. The van der Waals surface area contributed by atoms with Crippen molar-refractivity contribution in [3.8, 4) is 17.6 Å². The van der Waals surface area contributed by atoms with Gasteiger partial charge in [-0.25, -0.2) is 4.39 Å². The second kappa shape index (κ2) is 11.9. The molecule has 35 heavy (non-hydrogen) atoms. The number of carboxylic acids is 1. The molecule has 1 aromatic carbocycles. The molecule has 5 nitrogen and oxygen atoms in total. The lowest BCUT2D eigenvalue weighted by atomic mass is 9.79. The van der Waals surface area contributed by atoms with Crippen LogP contribution < -0.4 is 4.74 Å². The molecule has 0 bridgehead atoms. The van der Waals surface area contributed by atoms with Gasteiger partial charge in [0.15, 0.2) is 0 Å². The molecule has 1 saturated heterocycles. The number of alkyl halides is 1. The highest BCUT2D eigenvalue weighted by molar-refractivity contribution is 7.10. The fourth-order valence-electron chi connectivity index (χ4n) is 4.84. The zero-order valence-electron chi connectivity index (χ0n) is 19.5. The molecule has 1 N–H and O–H groups in total. The van der Waals surface area contributed by atoms with Gasteiger partial charge in [0, 0.05) is 30.1 Å². The molecule has 1 aliphatic rings. The lowest BCUT2D eigenvalue weighted by Gasteiger charge is -2.37. The molecule has 0 radical (unpaired) electrons. The van der Waals surface area contributed by atoms with Gasteiger partial charge in [0.05, 0.1) is 29.1 Å². The molecule has 1 aliphatic heterocycles. The van der Waals surface area contributed by atoms with Gasteiger partial charge in [-0.2, -0.15) is 0 Å². The number of rotatable bonds is 8. The lowest BCUT2D eigenvalue weighted by Crippen LogP contribution is -2.41. The first kappa shape index (κ1) is 25.4. The number of hydrogen-bond acceptors (Lipinski definition) is 5. The molecule has 2 aromatic heterocycles. The van der Waals surface area contributed by atoms with E-state index in [0.29, 0.717) is 46.7 Å². The molecule has 4 rings (SSSR count). The number of pyridine rings is 1. The van der Waals surface area contributed by atoms with Crippen molar-refractivity contribution >= 4 is 39.8 Å². The molecular formula is C27H28ClFN2O3S. The van der Waals surface area contributed by atoms with Crippen LogP contribution in [0.5, 0.6) is 5.75 Å². The number of methoxy groups -OCH3 is 1. The van der Waals surface area contributed by atoms with Crippen LogP contribution in [-0.2, 0) is 4.79 Å². The summed E-state index contributed by atoms with van der Waals surface area (Å²) in [5, 5.41) is 12.4. The van der Waals surface area contributed by atoms with Crippen LogP contribution in [0.15, 0.2) is 41.9 Å². The molecule has 3 unspecified atom stereocenters. The van der Waals surface area contributed by atoms with E-state index >= 15 is 4.39 Å². The quantitative estimate of drug-likeness (QED) is 0.362. The molecule has 0 spiro atoms. The number of nitrogens with zero attached hydrogens (tertiary/aromatic N) is 2. The molecule has 0 aliphatic carbocycles. The number of carbonyl (C=O) groups is 1. The Bertz CT molecular complexity index is 1220. The van der Waals surface area contributed by atoms with E-state index in [1.54, 1.807) is 36.6 Å². The third-order valence-electron chi connectivity index (χ3n) is 6.62. The maximum atomic E-state index is 15.6. The number of benzene rings is 1. The van der Waals surface area contributed by atoms with Gasteiger partial charge < -0.3 is 9.84 Å². The van der Waals surface area contributed by atoms with Crippen molar-refractivity contribution < 1.29 is 19.0 Å². The van der Waals surface area contributed by atoms with Crippen LogP contribution >= 0.6 is 22.9 Å². The van der Waals surface area contributed by atoms with E-state index in [2.05, 4.69) is 21.7 Å². The van der Waals surface area contributed by atoms with Gasteiger partial charge in [0.2, 0.25) is 0 Å². The second-order valence-corrected chi connectivity index (χ2v) is 10.2. The Morgan fingerprint density at radius 2 is 2.26 bits per heavy atom. The van der Waals surface area contributed by atoms with Gasteiger partial charge in [-0.05, 0) is 67.3 Å². The molecule has 0 amide bonds. The minimum atomic E-state index is -1.28. The minimum Gasteiger partial charge on any atom is -0.497 e. The summed E-state index contributed by atoms with van der Waals surface area (Å²) in [5.74, 6) is 6.25. The van der Waals surface area contributed by atoms with Gasteiger partial charge in [-0.3, -0.25) is 14.7 Å². The van der Waals surface area contributed by atoms with E-state index in [9.17, 15) is 9.90 Å². The minimum absolute atomic E-state index is 0.0401. The van der Waals surface area contributed by atoms with Crippen molar-refractivity contribution in [2.45, 2.75) is 31.9 Å². The number of ether oxygens (including phenoxy) is 1. The third kappa shape index (κ3) is 6.52. The maximum Gasteiger partial charge on any atom is 0.303 e. The number of thiophene rings is 1. The van der Waals surface area contributed by atoms with Gasteiger partial charge in [-0.15, -0.1) is 11.3 Å². The normalized spacial score (nSPS) is 19.2. The average Bonchev–Trinajstić information content (AvgIpc) is 3.36. The molecule has 184 valence electrons. The second-order valence-electron chi connectivity index (χ2n) is 8.87. The summed E-state index contributed by atoms with van der Waals surface area (Å²) in [7, 11) is 1.56. The largest absolute Gasteiger partial charge is 0.497 e. The Hall–Kier alpha value is -2.66. The van der Waals surface area contributed by atoms with Gasteiger partial charge in [-0.1, -0.05) is 29.5 Å². The standard InChI is InChI=1S/C27H28ClFN2O3S/c1-34-20-7-9-25-22(15-20)27(23(28)16-30-25)24(29)8-6-18-10-12-31(17-19(18)14-26(32)33)11-2-4-21-5-3-13-35-21/h3,5,7,9,13,15-16,18-19,24H,6,8,10-12,14,17H2,1H3,(H,32,33). The van der Waals surface area contributed by atoms with Crippen molar-refractivity contribution in [2.75, 3.05) is 26.7 Å². The van der Waals surface area contributed by atoms with E-state index in [1.165, 1.54) is 6.20 Å². The van der Waals surface area contributed by atoms with E-state index in [0.717, 1.165) is 17.8 Å². The molecule has 8 heteroatoms. The fourth-order valence-corrected chi connectivity index (χ4v) is 5.70. The zero-order valence-corrected chi connectivity index (χ0v) is 21.1. The Balaban J connectivity index is 1.42. The number of aliphatic carboxylic acids is 1. The molecule has 1 fully saturated rings. The lowest BCUT2D eigenvalue weighted by molar-refractivity contribution is -0.139. The first-order valence-electron chi connectivity index (χ1n) is 11.7. The number of piperidine rings is 1. The molecular weight excluding hydrogens is 487 g/mol. The summed E-state index contributed by atoms with van der Waals surface area (Å²) in [4.78, 5) is 19.1. The van der Waals surface area contributed by atoms with Crippen LogP contribution in [0, 0.1) is 23.7 Å². The highest BCUT2D eigenvalue weighted by atomic mass is 35.5. The average molecular weight is 515 g/mol. The van der Waals surface area contributed by atoms with Crippen LogP contribution in [-0.4, -0.2) is 47.7 Å². The number of likely N-dealkylation sites (tertiary alicyclic amines) is 1. The molecule has 0 saturated carbocycles. The van der Waals surface area contributed by atoms with E-state index in [-0.39, 0.29) is 24.7 Å². The monoisotopic (exact) mass is 514 g/mol. The van der Waals surface area contributed by atoms with Crippen LogP contribution in [0.4, 0.5) is 4.39 Å². The Kier molecular flexibility index (Phi) is 8.61. The highest BCUT2D eigenvalue weighted by Gasteiger charge is 2.31. The van der Waals surface area contributed by atoms with Crippen LogP contribution in [0.25, 0.3) is 10.9 Å². The number of hydrogen-bond donors (Lipinski definition) is 1. The Morgan fingerprint density at radius 3 is 3.00 bits per heavy atom. The topological polar surface area (TPSA) is 62.7 Å². The first-order valence-corrected chi connectivity index (χ1v) is 12.9. The SMILES string of the molecule is COc1ccc2ncc(Cl)c(C(F)CCC3CCN(CC#Cc4cccs4)CC3CC(=O)O)c2c1. The number of fused-ring (bicyclic) bond motifs is 1. The van der Waals surface area contributed by atoms with Crippen molar-refractivity contribution in [3.05, 3.63) is 57.4 Å². The van der Waals surface area contributed by atoms with E-state index in [1.807, 2.05) is 17.5 Å². The van der Waals surface area contributed by atoms with Crippen molar-refractivity contribution in [1.82, 2.24) is 9.88 Å². The van der Waals surface area contributed by atoms with Crippen LogP contribution in [0.1, 0.15) is 42.3 Å². The summed E-state index contributed by atoms with van der Waals surface area (Å²) < 4.78 is 20.9. The number of carboxylic acid groups (broad SMARTS) is 1. The summed E-state index contributed by atoms with van der Waals surface area (Å²) in [6.45, 7) is 2.09. The number of aromatic nitrogens is 1. The van der Waals surface area contributed by atoms with Crippen molar-refractivity contribution in [1.29, 1.82) is 0 Å². The molecule has 3 atom stereocenters. The predicted octanol–water partition coefficient (Wildman–Crippen LogP) is 6.21. The Labute approximate surface area is 213 Å². The van der Waals surface area contributed by atoms with E-state index in [4.69, 9.17) is 16.3 Å². The predicted molar refractivity (Wildman–Crippen MR) is 138 cm³/mol. The summed E-state index contributed by atoms with van der Waals surface area (Å²) in [5.41, 5.74) is 1.08. The van der Waals surface area contributed by atoms with Gasteiger partial charge in [0.1, 0.15) is 11.9 Å². The Morgan fingerprint density at radius 1 is 1.40 bits per heavy atom. The molecule has 3 aromatic rings. The summed E-state index contributed by atoms with van der Waals surface area (Å²) in [6, 6.07) is 9.30. The van der Waals surface area contributed by atoms with Crippen LogP contribution in [0.3, 0.4) is 0 Å². The first-order chi connectivity index (χ1) is 16.9. The van der Waals surface area contributed by atoms with Gasteiger partial charge in [0.25, 0.3) is 0 Å². The van der Waals surface area contributed by atoms with E-state index < -0.39 is 12.1 Å².